The van der Waals surface area contributed by atoms with Gasteiger partial charge < -0.3 is 19.3 Å². The summed E-state index contributed by atoms with van der Waals surface area (Å²) in [6.07, 6.45) is 2.60. The zero-order valence-electron chi connectivity index (χ0n) is 16.4. The van der Waals surface area contributed by atoms with Gasteiger partial charge in [-0.15, -0.1) is 11.8 Å². The van der Waals surface area contributed by atoms with Crippen LogP contribution in [0.15, 0.2) is 0 Å². The molecule has 0 heterocycles. The maximum atomic E-state index is 11.8. The number of ether oxygens (including phenoxy) is 3. The molecule has 0 saturated heterocycles. The summed E-state index contributed by atoms with van der Waals surface area (Å²) >= 11 is 0. The van der Waals surface area contributed by atoms with E-state index in [1.165, 1.54) is 0 Å². The van der Waals surface area contributed by atoms with Crippen molar-refractivity contribution in [2.24, 2.45) is 17.3 Å². The molecule has 0 spiro atoms. The van der Waals surface area contributed by atoms with Crippen LogP contribution < -0.4 is 9.44 Å². The highest BCUT2D eigenvalue weighted by molar-refractivity contribution is 7.88. The van der Waals surface area contributed by atoms with E-state index in [4.69, 9.17) is 19.3 Å². The molecule has 3 N–H and O–H groups in total. The summed E-state index contributed by atoms with van der Waals surface area (Å²) in [4.78, 5) is 22.1. The molecule has 164 valence electrons. The topological polar surface area (TPSA) is 140 Å². The Labute approximate surface area is 170 Å². The van der Waals surface area contributed by atoms with E-state index in [0.29, 0.717) is 5.92 Å². The van der Waals surface area contributed by atoms with Crippen molar-refractivity contribution in [1.29, 1.82) is 0 Å². The number of carboxylic acids is 1. The monoisotopic (exact) mass is 432 g/mol. The number of carboxylic acid groups (broad SMARTS) is 1. The van der Waals surface area contributed by atoms with E-state index < -0.39 is 28.9 Å². The molecule has 10 nitrogen and oxygen atoms in total. The fraction of sp³-hybridized carbons (Fsp3) is 0.778. The number of aliphatic carboxylic acids is 1. The molecule has 3 atom stereocenters. The van der Waals surface area contributed by atoms with E-state index in [9.17, 15) is 18.0 Å². The lowest BCUT2D eigenvalue weighted by Crippen LogP contribution is -2.42. The van der Waals surface area contributed by atoms with Gasteiger partial charge in [-0.3, -0.25) is 0 Å². The maximum Gasteiger partial charge on any atom is 0.421 e. The largest absolute Gasteiger partial charge is 0.480 e. The molecule has 0 aromatic carbocycles. The Balaban J connectivity index is 1.58. The Hall–Kier alpha value is -1.87. The highest BCUT2D eigenvalue weighted by Crippen LogP contribution is 2.63. The van der Waals surface area contributed by atoms with Gasteiger partial charge in [0, 0.05) is 25.3 Å². The van der Waals surface area contributed by atoms with Gasteiger partial charge in [-0.2, -0.15) is 13.1 Å². The summed E-state index contributed by atoms with van der Waals surface area (Å²) in [6.45, 7) is 2.11. The Bertz CT molecular complexity index is 745. The Morgan fingerprint density at radius 2 is 1.90 bits per heavy atom. The maximum absolute atomic E-state index is 11.8. The number of carbonyl (C=O) groups is 2. The summed E-state index contributed by atoms with van der Waals surface area (Å²) in [5, 5.41) is 8.38. The highest BCUT2D eigenvalue weighted by Gasteiger charge is 2.60. The standard InChI is InChI=1S/C18H28N2O8S/c1-18-7-5-3-2-4-6-14(18)15(18)12-28-17(23)20-29(24,25)19-8-9-26-10-11-27-13-16(21)22/h14-15,19H,4-13H2,1H3,(H,20,23)(H,21,22)/t14-,15+,18-/m0/s1. The molecular formula is C18H28N2O8S. The van der Waals surface area contributed by atoms with E-state index in [1.807, 2.05) is 4.72 Å². The van der Waals surface area contributed by atoms with Crippen LogP contribution in [0.5, 0.6) is 0 Å². The van der Waals surface area contributed by atoms with E-state index >= 15 is 0 Å². The second-order valence-electron chi connectivity index (χ2n) is 7.27. The molecular weight excluding hydrogens is 404 g/mol. The van der Waals surface area contributed by atoms with Crippen LogP contribution in [0.3, 0.4) is 0 Å². The average Bonchev–Trinajstić information content (AvgIpc) is 3.16. The van der Waals surface area contributed by atoms with Crippen molar-refractivity contribution in [2.75, 3.05) is 39.6 Å². The average molecular weight is 432 g/mol. The Kier molecular flexibility index (Phi) is 8.70. The van der Waals surface area contributed by atoms with Gasteiger partial charge in [0.25, 0.3) is 0 Å². The first-order valence-electron chi connectivity index (χ1n) is 9.52. The van der Waals surface area contributed by atoms with Crippen LogP contribution in [-0.2, 0) is 29.2 Å². The molecule has 2 aliphatic rings. The lowest BCUT2D eigenvalue weighted by molar-refractivity contribution is -0.142. The van der Waals surface area contributed by atoms with Crippen LogP contribution in [0.25, 0.3) is 0 Å². The number of rotatable bonds is 12. The van der Waals surface area contributed by atoms with Gasteiger partial charge in [-0.25, -0.2) is 14.3 Å². The highest BCUT2D eigenvalue weighted by atomic mass is 32.2. The minimum atomic E-state index is -4.05. The van der Waals surface area contributed by atoms with Crippen molar-refractivity contribution in [1.82, 2.24) is 9.44 Å². The van der Waals surface area contributed by atoms with Crippen LogP contribution >= 0.6 is 0 Å². The van der Waals surface area contributed by atoms with Crippen LogP contribution in [0.1, 0.15) is 32.6 Å². The van der Waals surface area contributed by atoms with Crippen molar-refractivity contribution in [3.8, 4) is 11.8 Å². The molecule has 0 bridgehead atoms. The second-order valence-corrected chi connectivity index (χ2v) is 8.77. The van der Waals surface area contributed by atoms with Crippen LogP contribution in [0.2, 0.25) is 0 Å². The second kappa shape index (κ2) is 10.8. The third-order valence-corrected chi connectivity index (χ3v) is 6.33. The van der Waals surface area contributed by atoms with Crippen molar-refractivity contribution < 1.29 is 37.3 Å². The SMILES string of the molecule is C[C@]12CCC#CCC[C@H]1[C@H]2COC(=O)NS(=O)(=O)NCCOCCOCC(=O)O. The Morgan fingerprint density at radius 3 is 2.66 bits per heavy atom. The first-order valence-corrected chi connectivity index (χ1v) is 11.0. The zero-order valence-corrected chi connectivity index (χ0v) is 17.3. The summed E-state index contributed by atoms with van der Waals surface area (Å²) in [5.41, 5.74) is 0.109. The first kappa shape index (κ1) is 23.4. The van der Waals surface area contributed by atoms with Crippen molar-refractivity contribution >= 4 is 22.3 Å². The number of carbonyl (C=O) groups excluding carboxylic acids is 1. The van der Waals surface area contributed by atoms with Crippen molar-refractivity contribution in [3.05, 3.63) is 0 Å². The number of amides is 1. The minimum Gasteiger partial charge on any atom is -0.480 e. The summed E-state index contributed by atoms with van der Waals surface area (Å²) in [6, 6.07) is 0. The van der Waals surface area contributed by atoms with Crippen LogP contribution in [0, 0.1) is 29.1 Å². The normalized spacial score (nSPS) is 25.6. The summed E-state index contributed by atoms with van der Waals surface area (Å²) < 4.78 is 42.6. The van der Waals surface area contributed by atoms with Gasteiger partial charge in [0.2, 0.25) is 0 Å². The van der Waals surface area contributed by atoms with Gasteiger partial charge >= 0.3 is 22.3 Å². The molecule has 1 saturated carbocycles. The zero-order chi connectivity index (χ0) is 21.3. The van der Waals surface area contributed by atoms with Gasteiger partial charge in [0.05, 0.1) is 26.4 Å². The fourth-order valence-electron chi connectivity index (χ4n) is 3.68. The molecule has 0 aromatic rings. The molecule has 0 unspecified atom stereocenters. The lowest BCUT2D eigenvalue weighted by atomic mass is 9.95. The van der Waals surface area contributed by atoms with Gasteiger partial charge in [0.1, 0.15) is 6.61 Å². The Morgan fingerprint density at radius 1 is 1.17 bits per heavy atom. The minimum absolute atomic E-state index is 0.0383. The lowest BCUT2D eigenvalue weighted by Gasteiger charge is -2.12. The molecule has 0 aliphatic heterocycles. The van der Waals surface area contributed by atoms with Crippen LogP contribution in [-0.4, -0.2) is 65.2 Å². The third kappa shape index (κ3) is 7.81. The number of nitrogens with one attached hydrogen (secondary N) is 2. The molecule has 11 heteroatoms. The predicted octanol–water partition coefficient (Wildman–Crippen LogP) is 0.495. The van der Waals surface area contributed by atoms with E-state index in [2.05, 4.69) is 23.5 Å². The predicted molar refractivity (Wildman–Crippen MR) is 102 cm³/mol. The van der Waals surface area contributed by atoms with Crippen LogP contribution in [0.4, 0.5) is 4.79 Å². The van der Waals surface area contributed by atoms with Crippen molar-refractivity contribution in [3.63, 3.8) is 0 Å². The van der Waals surface area contributed by atoms with Crippen molar-refractivity contribution in [2.45, 2.75) is 32.6 Å². The molecule has 0 radical (unpaired) electrons. The molecule has 1 fully saturated rings. The van der Waals surface area contributed by atoms with Gasteiger partial charge in [-0.05, 0) is 24.2 Å². The third-order valence-electron chi connectivity index (χ3n) is 5.31. The smallest absolute Gasteiger partial charge is 0.421 e. The van der Waals surface area contributed by atoms with E-state index in [0.717, 1.165) is 25.7 Å². The molecule has 2 rings (SSSR count). The summed E-state index contributed by atoms with van der Waals surface area (Å²) in [7, 11) is -4.05. The molecule has 0 aromatic heterocycles. The summed E-state index contributed by atoms with van der Waals surface area (Å²) in [5.74, 6) is 5.85. The van der Waals surface area contributed by atoms with E-state index in [-0.39, 0.29) is 44.3 Å². The first-order chi connectivity index (χ1) is 13.7. The fourth-order valence-corrected chi connectivity index (χ4v) is 4.38. The molecule has 1 amide bonds. The van der Waals surface area contributed by atoms with E-state index in [1.54, 1.807) is 0 Å². The van der Waals surface area contributed by atoms with Gasteiger partial charge in [-0.1, -0.05) is 6.92 Å². The quantitative estimate of drug-likeness (QED) is 0.299. The molecule has 29 heavy (non-hydrogen) atoms. The van der Waals surface area contributed by atoms with Gasteiger partial charge in [0.15, 0.2) is 0 Å². The molecule has 2 aliphatic carbocycles. The number of fused-ring (bicyclic) bond motifs is 1. The number of hydrogen-bond donors (Lipinski definition) is 3. The number of hydrogen-bond acceptors (Lipinski definition) is 7.